The lowest BCUT2D eigenvalue weighted by Crippen LogP contribution is -2.06. The molecule has 2 aromatic rings. The Morgan fingerprint density at radius 3 is 2.19 bits per heavy atom. The molecule has 110 valence electrons. The standard InChI is InChI=1S/C15H11BrF2O3/c1-20-13-6-9(11(17)7-14(13)21-2)15(19)8-3-4-10(16)12(18)5-8/h3-7H,1-2H3. The van der Waals surface area contributed by atoms with Gasteiger partial charge in [-0.2, -0.15) is 0 Å². The van der Waals surface area contributed by atoms with Gasteiger partial charge in [0.15, 0.2) is 17.3 Å². The van der Waals surface area contributed by atoms with Crippen LogP contribution in [0.2, 0.25) is 0 Å². The molecule has 6 heteroatoms. The molecule has 0 aliphatic rings. The van der Waals surface area contributed by atoms with Crippen LogP contribution in [-0.4, -0.2) is 20.0 Å². The van der Waals surface area contributed by atoms with E-state index in [0.717, 1.165) is 12.1 Å². The zero-order valence-electron chi connectivity index (χ0n) is 11.2. The summed E-state index contributed by atoms with van der Waals surface area (Å²) in [5, 5.41) is 0. The number of ether oxygens (including phenoxy) is 2. The first kappa shape index (κ1) is 15.4. The molecular weight excluding hydrogens is 346 g/mol. The number of methoxy groups -OCH3 is 2. The lowest BCUT2D eigenvalue weighted by atomic mass is 10.0. The van der Waals surface area contributed by atoms with Gasteiger partial charge in [-0.25, -0.2) is 8.78 Å². The van der Waals surface area contributed by atoms with E-state index in [9.17, 15) is 13.6 Å². The van der Waals surface area contributed by atoms with Crippen LogP contribution in [0.5, 0.6) is 11.5 Å². The Bertz CT molecular complexity index is 702. The fourth-order valence-electron chi connectivity index (χ4n) is 1.82. The molecule has 0 amide bonds. The molecule has 2 aromatic carbocycles. The Kier molecular flexibility index (Phi) is 4.57. The third kappa shape index (κ3) is 3.05. The van der Waals surface area contributed by atoms with Crippen molar-refractivity contribution in [1.82, 2.24) is 0 Å². The van der Waals surface area contributed by atoms with Gasteiger partial charge in [-0.3, -0.25) is 4.79 Å². The maximum absolute atomic E-state index is 14.0. The van der Waals surface area contributed by atoms with E-state index < -0.39 is 17.4 Å². The number of carbonyl (C=O) groups is 1. The Labute approximate surface area is 128 Å². The molecule has 0 aliphatic heterocycles. The fraction of sp³-hybridized carbons (Fsp3) is 0.133. The van der Waals surface area contributed by atoms with E-state index in [4.69, 9.17) is 9.47 Å². The van der Waals surface area contributed by atoms with E-state index in [1.54, 1.807) is 0 Å². The number of carbonyl (C=O) groups excluding carboxylic acids is 1. The van der Waals surface area contributed by atoms with Crippen molar-refractivity contribution in [2.24, 2.45) is 0 Å². The number of halogens is 3. The first-order valence-corrected chi connectivity index (χ1v) is 6.68. The predicted octanol–water partition coefficient (Wildman–Crippen LogP) is 3.98. The maximum atomic E-state index is 14.0. The summed E-state index contributed by atoms with van der Waals surface area (Å²) in [6.45, 7) is 0. The lowest BCUT2D eigenvalue weighted by Gasteiger charge is -2.10. The highest BCUT2D eigenvalue weighted by atomic mass is 79.9. The van der Waals surface area contributed by atoms with E-state index in [2.05, 4.69) is 15.9 Å². The van der Waals surface area contributed by atoms with Crippen LogP contribution in [-0.2, 0) is 0 Å². The number of rotatable bonds is 4. The van der Waals surface area contributed by atoms with Gasteiger partial charge in [-0.1, -0.05) is 0 Å². The average Bonchev–Trinajstić information content (AvgIpc) is 2.49. The third-order valence-electron chi connectivity index (χ3n) is 2.90. The van der Waals surface area contributed by atoms with Crippen LogP contribution in [0.4, 0.5) is 8.78 Å². The summed E-state index contributed by atoms with van der Waals surface area (Å²) in [6.07, 6.45) is 0. The predicted molar refractivity (Wildman–Crippen MR) is 77.0 cm³/mol. The maximum Gasteiger partial charge on any atom is 0.196 e. The molecule has 3 nitrogen and oxygen atoms in total. The van der Waals surface area contributed by atoms with Crippen LogP contribution < -0.4 is 9.47 Å². The van der Waals surface area contributed by atoms with Crippen molar-refractivity contribution in [3.63, 3.8) is 0 Å². The van der Waals surface area contributed by atoms with Crippen molar-refractivity contribution in [3.8, 4) is 11.5 Å². The Hall–Kier alpha value is -1.95. The van der Waals surface area contributed by atoms with Gasteiger partial charge in [-0.15, -0.1) is 0 Å². The van der Waals surface area contributed by atoms with Crippen LogP contribution in [0.25, 0.3) is 0 Å². The smallest absolute Gasteiger partial charge is 0.196 e. The molecule has 0 saturated carbocycles. The average molecular weight is 357 g/mol. The summed E-state index contributed by atoms with van der Waals surface area (Å²) in [4.78, 5) is 12.3. The molecule has 0 aromatic heterocycles. The van der Waals surface area contributed by atoms with Gasteiger partial charge in [-0.05, 0) is 40.2 Å². The summed E-state index contributed by atoms with van der Waals surface area (Å²) in [5.41, 5.74) is -0.170. The number of benzene rings is 2. The van der Waals surface area contributed by atoms with Crippen molar-refractivity contribution in [3.05, 3.63) is 57.6 Å². The highest BCUT2D eigenvalue weighted by Gasteiger charge is 2.19. The monoisotopic (exact) mass is 356 g/mol. The minimum absolute atomic E-state index is 0.0434. The van der Waals surface area contributed by atoms with Crippen LogP contribution in [0, 0.1) is 11.6 Å². The van der Waals surface area contributed by atoms with Gasteiger partial charge in [0.2, 0.25) is 0 Å². The summed E-state index contributed by atoms with van der Waals surface area (Å²) in [7, 11) is 2.74. The lowest BCUT2D eigenvalue weighted by molar-refractivity contribution is 0.103. The van der Waals surface area contributed by atoms with Crippen LogP contribution >= 0.6 is 15.9 Å². The Morgan fingerprint density at radius 2 is 1.62 bits per heavy atom. The van der Waals surface area contributed by atoms with Gasteiger partial charge >= 0.3 is 0 Å². The Morgan fingerprint density at radius 1 is 1.00 bits per heavy atom. The topological polar surface area (TPSA) is 35.5 Å². The molecule has 21 heavy (non-hydrogen) atoms. The number of ketones is 1. The van der Waals surface area contributed by atoms with Crippen LogP contribution in [0.3, 0.4) is 0 Å². The molecule has 0 N–H and O–H groups in total. The Balaban J connectivity index is 2.50. The SMILES string of the molecule is COc1cc(F)c(C(=O)c2ccc(Br)c(F)c2)cc1OC. The summed E-state index contributed by atoms with van der Waals surface area (Å²) >= 11 is 2.99. The van der Waals surface area contributed by atoms with Gasteiger partial charge in [0.05, 0.1) is 24.3 Å². The molecule has 0 unspecified atom stereocenters. The number of hydrogen-bond donors (Lipinski definition) is 0. The normalized spacial score (nSPS) is 10.3. The second-order valence-electron chi connectivity index (χ2n) is 4.15. The third-order valence-corrected chi connectivity index (χ3v) is 3.54. The van der Waals surface area contributed by atoms with E-state index >= 15 is 0 Å². The first-order chi connectivity index (χ1) is 9.97. The van der Waals surface area contributed by atoms with Crippen molar-refractivity contribution in [2.75, 3.05) is 14.2 Å². The zero-order valence-corrected chi connectivity index (χ0v) is 12.8. The van der Waals surface area contributed by atoms with Crippen molar-refractivity contribution in [1.29, 1.82) is 0 Å². The van der Waals surface area contributed by atoms with Crippen LogP contribution in [0.15, 0.2) is 34.8 Å². The van der Waals surface area contributed by atoms with Crippen molar-refractivity contribution < 1.29 is 23.0 Å². The molecule has 0 spiro atoms. The fourth-order valence-corrected chi connectivity index (χ4v) is 2.07. The highest BCUT2D eigenvalue weighted by molar-refractivity contribution is 9.10. The van der Waals surface area contributed by atoms with Crippen molar-refractivity contribution >= 4 is 21.7 Å². The molecule has 0 saturated heterocycles. The molecule has 0 aliphatic carbocycles. The molecule has 0 fully saturated rings. The van der Waals surface area contributed by atoms with Gasteiger partial charge in [0.25, 0.3) is 0 Å². The van der Waals surface area contributed by atoms with Gasteiger partial charge in [0, 0.05) is 11.6 Å². The molecule has 0 bridgehead atoms. The van der Waals surface area contributed by atoms with Gasteiger partial charge < -0.3 is 9.47 Å². The van der Waals surface area contributed by atoms with Gasteiger partial charge in [0.1, 0.15) is 11.6 Å². The van der Waals surface area contributed by atoms with Crippen LogP contribution in [0.1, 0.15) is 15.9 Å². The second-order valence-corrected chi connectivity index (χ2v) is 5.00. The molecular formula is C15H11BrF2O3. The summed E-state index contributed by atoms with van der Waals surface area (Å²) < 4.78 is 37.7. The zero-order chi connectivity index (χ0) is 15.6. The molecule has 0 heterocycles. The quantitative estimate of drug-likeness (QED) is 0.777. The molecule has 2 rings (SSSR count). The molecule has 0 atom stereocenters. The van der Waals surface area contributed by atoms with Crippen molar-refractivity contribution in [2.45, 2.75) is 0 Å². The first-order valence-electron chi connectivity index (χ1n) is 5.89. The minimum atomic E-state index is -0.763. The van der Waals surface area contributed by atoms with E-state index in [1.807, 2.05) is 0 Å². The molecule has 0 radical (unpaired) electrons. The minimum Gasteiger partial charge on any atom is -0.493 e. The summed E-state index contributed by atoms with van der Waals surface area (Å²) in [6, 6.07) is 6.13. The van der Waals surface area contributed by atoms with E-state index in [0.29, 0.717) is 0 Å². The summed E-state index contributed by atoms with van der Waals surface area (Å²) in [5.74, 6) is -1.60. The van der Waals surface area contributed by atoms with E-state index in [-0.39, 0.29) is 27.1 Å². The highest BCUT2D eigenvalue weighted by Crippen LogP contribution is 2.31. The second kappa shape index (κ2) is 6.22. The number of hydrogen-bond acceptors (Lipinski definition) is 3. The van der Waals surface area contributed by atoms with E-state index in [1.165, 1.54) is 32.4 Å². The largest absolute Gasteiger partial charge is 0.493 e.